The third kappa shape index (κ3) is 4.49. The maximum Gasteiger partial charge on any atom is 0.326 e. The molecule has 1 rings (SSSR count). The lowest BCUT2D eigenvalue weighted by Crippen LogP contribution is -2.44. The van der Waals surface area contributed by atoms with Gasteiger partial charge in [-0.25, -0.2) is 4.79 Å². The molecule has 0 spiro atoms. The Hall–Kier alpha value is -1.36. The Labute approximate surface area is 115 Å². The molecule has 0 saturated carbocycles. The van der Waals surface area contributed by atoms with Gasteiger partial charge in [-0.15, -0.1) is 0 Å². The van der Waals surface area contributed by atoms with Crippen LogP contribution in [0.1, 0.15) is 19.4 Å². The zero-order valence-corrected chi connectivity index (χ0v) is 11.9. The summed E-state index contributed by atoms with van der Waals surface area (Å²) < 4.78 is 0.942. The van der Waals surface area contributed by atoms with E-state index in [9.17, 15) is 9.59 Å². The molecule has 1 atom stereocenters. The fourth-order valence-electron chi connectivity index (χ4n) is 1.53. The first-order valence-electron chi connectivity index (χ1n) is 5.66. The van der Waals surface area contributed by atoms with Crippen molar-refractivity contribution in [3.05, 3.63) is 34.3 Å². The Morgan fingerprint density at radius 3 is 2.28 bits per heavy atom. The highest BCUT2D eigenvalue weighted by Crippen LogP contribution is 2.11. The number of carboxylic acids is 1. The number of rotatable bonds is 5. The van der Waals surface area contributed by atoms with Gasteiger partial charge in [-0.2, -0.15) is 0 Å². The lowest BCUT2D eigenvalue weighted by Gasteiger charge is -2.17. The Kier molecular flexibility index (Phi) is 5.34. The number of amides is 1. The van der Waals surface area contributed by atoms with Gasteiger partial charge in [0.15, 0.2) is 0 Å². The zero-order chi connectivity index (χ0) is 13.7. The van der Waals surface area contributed by atoms with E-state index in [2.05, 4.69) is 21.2 Å². The lowest BCUT2D eigenvalue weighted by molar-refractivity contribution is -0.143. The summed E-state index contributed by atoms with van der Waals surface area (Å²) in [5.41, 5.74) is 0.851. The van der Waals surface area contributed by atoms with E-state index in [1.165, 1.54) is 0 Å². The van der Waals surface area contributed by atoms with Crippen LogP contribution in [0.25, 0.3) is 0 Å². The van der Waals surface area contributed by atoms with Gasteiger partial charge in [0.2, 0.25) is 5.91 Å². The molecule has 0 fully saturated rings. The van der Waals surface area contributed by atoms with Crippen LogP contribution in [-0.2, 0) is 16.0 Å². The van der Waals surface area contributed by atoms with E-state index in [0.717, 1.165) is 10.0 Å². The van der Waals surface area contributed by atoms with Crippen LogP contribution in [0, 0.1) is 5.92 Å². The molecule has 0 aromatic heterocycles. The fourth-order valence-corrected chi connectivity index (χ4v) is 1.79. The molecule has 0 aliphatic carbocycles. The normalized spacial score (nSPS) is 12.2. The van der Waals surface area contributed by atoms with Gasteiger partial charge in [-0.3, -0.25) is 4.79 Å². The summed E-state index contributed by atoms with van der Waals surface area (Å²) in [6.07, 6.45) is 0.184. The van der Waals surface area contributed by atoms with Crippen LogP contribution in [0.4, 0.5) is 0 Å². The number of carbonyl (C=O) groups is 2. The van der Waals surface area contributed by atoms with E-state index in [0.29, 0.717) is 0 Å². The molecule has 98 valence electrons. The van der Waals surface area contributed by atoms with Crippen molar-refractivity contribution >= 4 is 27.8 Å². The van der Waals surface area contributed by atoms with Gasteiger partial charge in [0.1, 0.15) is 6.04 Å². The number of carboxylic acid groups (broad SMARTS) is 1. The molecule has 18 heavy (non-hydrogen) atoms. The van der Waals surface area contributed by atoms with Crippen LogP contribution in [0.15, 0.2) is 28.7 Å². The van der Waals surface area contributed by atoms with Crippen molar-refractivity contribution in [2.75, 3.05) is 0 Å². The number of carbonyl (C=O) groups excluding carboxylic acids is 1. The average Bonchev–Trinajstić information content (AvgIpc) is 2.28. The van der Waals surface area contributed by atoms with Crippen LogP contribution in [-0.4, -0.2) is 23.0 Å². The monoisotopic (exact) mass is 313 g/mol. The summed E-state index contributed by atoms with van der Waals surface area (Å²) in [5, 5.41) is 11.5. The van der Waals surface area contributed by atoms with Crippen molar-refractivity contribution in [2.24, 2.45) is 5.92 Å². The zero-order valence-electron chi connectivity index (χ0n) is 10.3. The van der Waals surface area contributed by atoms with Gasteiger partial charge in [-0.05, 0) is 23.6 Å². The van der Waals surface area contributed by atoms with Crippen molar-refractivity contribution in [1.29, 1.82) is 0 Å². The van der Waals surface area contributed by atoms with E-state index >= 15 is 0 Å². The van der Waals surface area contributed by atoms with Crippen LogP contribution >= 0.6 is 15.9 Å². The highest BCUT2D eigenvalue weighted by molar-refractivity contribution is 9.10. The first-order valence-corrected chi connectivity index (χ1v) is 6.46. The van der Waals surface area contributed by atoms with Crippen LogP contribution in [0.2, 0.25) is 0 Å². The second kappa shape index (κ2) is 6.54. The average molecular weight is 314 g/mol. The molecule has 0 heterocycles. The molecule has 0 unspecified atom stereocenters. The van der Waals surface area contributed by atoms with E-state index in [1.54, 1.807) is 13.8 Å². The third-order valence-corrected chi connectivity index (χ3v) is 3.06. The fraction of sp³-hybridized carbons (Fsp3) is 0.385. The Bertz CT molecular complexity index is 428. The number of aliphatic carboxylic acids is 1. The van der Waals surface area contributed by atoms with E-state index in [-0.39, 0.29) is 18.2 Å². The summed E-state index contributed by atoms with van der Waals surface area (Å²) in [6, 6.07) is 6.51. The van der Waals surface area contributed by atoms with Gasteiger partial charge < -0.3 is 10.4 Å². The van der Waals surface area contributed by atoms with E-state index < -0.39 is 12.0 Å². The van der Waals surface area contributed by atoms with E-state index in [1.807, 2.05) is 24.3 Å². The van der Waals surface area contributed by atoms with Crippen molar-refractivity contribution in [2.45, 2.75) is 26.3 Å². The van der Waals surface area contributed by atoms with Crippen LogP contribution < -0.4 is 5.32 Å². The number of benzene rings is 1. The van der Waals surface area contributed by atoms with Gasteiger partial charge in [0.25, 0.3) is 0 Å². The molecule has 1 aromatic rings. The van der Waals surface area contributed by atoms with Gasteiger partial charge in [0.05, 0.1) is 6.42 Å². The molecule has 0 aliphatic rings. The molecular formula is C13H16BrNO3. The van der Waals surface area contributed by atoms with Gasteiger partial charge in [-0.1, -0.05) is 41.9 Å². The highest BCUT2D eigenvalue weighted by atomic mass is 79.9. The molecule has 0 bridgehead atoms. The lowest BCUT2D eigenvalue weighted by atomic mass is 10.0. The van der Waals surface area contributed by atoms with Crippen molar-refractivity contribution in [1.82, 2.24) is 5.32 Å². The topological polar surface area (TPSA) is 66.4 Å². The van der Waals surface area contributed by atoms with Gasteiger partial charge >= 0.3 is 5.97 Å². The van der Waals surface area contributed by atoms with Gasteiger partial charge in [0, 0.05) is 4.47 Å². The summed E-state index contributed by atoms with van der Waals surface area (Å²) in [7, 11) is 0. The standard InChI is InChI=1S/C13H16BrNO3/c1-8(2)12(13(17)18)15-11(16)7-9-3-5-10(14)6-4-9/h3-6,8,12H,7H2,1-2H3,(H,15,16)(H,17,18)/t12-/m0/s1. The minimum absolute atomic E-state index is 0.142. The predicted molar refractivity (Wildman–Crippen MR) is 72.3 cm³/mol. The summed E-state index contributed by atoms with van der Waals surface area (Å²) in [6.45, 7) is 3.53. The molecule has 0 radical (unpaired) electrons. The smallest absolute Gasteiger partial charge is 0.326 e. The first kappa shape index (κ1) is 14.7. The molecule has 0 saturated heterocycles. The quantitative estimate of drug-likeness (QED) is 0.876. The molecule has 0 aliphatic heterocycles. The van der Waals surface area contributed by atoms with Crippen molar-refractivity contribution in [3.8, 4) is 0 Å². The third-order valence-electron chi connectivity index (χ3n) is 2.53. The van der Waals surface area contributed by atoms with Crippen LogP contribution in [0.3, 0.4) is 0 Å². The first-order chi connectivity index (χ1) is 8.40. The molecule has 5 heteroatoms. The van der Waals surface area contributed by atoms with Crippen LogP contribution in [0.5, 0.6) is 0 Å². The second-order valence-electron chi connectivity index (χ2n) is 4.43. The maximum absolute atomic E-state index is 11.7. The number of nitrogens with one attached hydrogen (secondary N) is 1. The second-order valence-corrected chi connectivity index (χ2v) is 5.35. The maximum atomic E-state index is 11.7. The molecular weight excluding hydrogens is 298 g/mol. The minimum atomic E-state index is -1.01. The largest absolute Gasteiger partial charge is 0.480 e. The Morgan fingerprint density at radius 2 is 1.83 bits per heavy atom. The number of halogens is 1. The molecule has 4 nitrogen and oxygen atoms in total. The number of hydrogen-bond donors (Lipinski definition) is 2. The SMILES string of the molecule is CC(C)[C@H](NC(=O)Cc1ccc(Br)cc1)C(=O)O. The minimum Gasteiger partial charge on any atom is -0.480 e. The molecule has 1 amide bonds. The molecule has 1 aromatic carbocycles. The summed E-state index contributed by atoms with van der Waals surface area (Å²) in [5.74, 6) is -1.43. The predicted octanol–water partition coefficient (Wildman–Crippen LogP) is 2.22. The van der Waals surface area contributed by atoms with Crippen molar-refractivity contribution in [3.63, 3.8) is 0 Å². The highest BCUT2D eigenvalue weighted by Gasteiger charge is 2.23. The summed E-state index contributed by atoms with van der Waals surface area (Å²) in [4.78, 5) is 22.7. The number of hydrogen-bond acceptors (Lipinski definition) is 2. The van der Waals surface area contributed by atoms with E-state index in [4.69, 9.17) is 5.11 Å². The summed E-state index contributed by atoms with van der Waals surface area (Å²) >= 11 is 3.31. The van der Waals surface area contributed by atoms with Crippen molar-refractivity contribution < 1.29 is 14.7 Å². The Morgan fingerprint density at radius 1 is 1.28 bits per heavy atom. The molecule has 2 N–H and O–H groups in total. The Balaban J connectivity index is 2.60.